The summed E-state index contributed by atoms with van der Waals surface area (Å²) in [6.45, 7) is 4.44. The highest BCUT2D eigenvalue weighted by atomic mass is 35.5. The molecule has 1 amide bonds. The number of hydrogen-bond acceptors (Lipinski definition) is 6. The van der Waals surface area contributed by atoms with Crippen LogP contribution in [-0.4, -0.2) is 37.2 Å². The minimum Gasteiger partial charge on any atom is -0.486 e. The van der Waals surface area contributed by atoms with Gasteiger partial charge in [0.25, 0.3) is 5.91 Å². The van der Waals surface area contributed by atoms with E-state index in [0.29, 0.717) is 64.0 Å². The maximum absolute atomic E-state index is 14.6. The number of ether oxygens (including phenoxy) is 2. The first-order chi connectivity index (χ1) is 15.0. The lowest BCUT2D eigenvalue weighted by molar-refractivity contribution is 0.103. The third kappa shape index (κ3) is 5.33. The average molecular weight is 462 g/mol. The van der Waals surface area contributed by atoms with Gasteiger partial charge in [0, 0.05) is 23.8 Å². The Labute approximate surface area is 188 Å². The summed E-state index contributed by atoms with van der Waals surface area (Å²) in [5.41, 5.74) is 1.51. The van der Waals surface area contributed by atoms with E-state index in [4.69, 9.17) is 21.1 Å². The minimum atomic E-state index is -0.377. The van der Waals surface area contributed by atoms with Crippen LogP contribution in [-0.2, 0) is 11.3 Å². The van der Waals surface area contributed by atoms with Crippen molar-refractivity contribution in [3.63, 3.8) is 0 Å². The third-order valence-electron chi connectivity index (χ3n) is 4.78. The summed E-state index contributed by atoms with van der Waals surface area (Å²) in [5, 5.41) is 4.06. The lowest BCUT2D eigenvalue weighted by Crippen LogP contribution is -2.36. The van der Waals surface area contributed by atoms with Crippen molar-refractivity contribution in [3.05, 3.63) is 68.9 Å². The molecule has 0 unspecified atom stereocenters. The van der Waals surface area contributed by atoms with E-state index in [-0.39, 0.29) is 18.3 Å². The second kappa shape index (κ2) is 9.64. The fourth-order valence-electron chi connectivity index (χ4n) is 3.23. The summed E-state index contributed by atoms with van der Waals surface area (Å²) in [6, 6.07) is 11.7. The topological polar surface area (TPSA) is 63.7 Å². The highest BCUT2D eigenvalue weighted by Gasteiger charge is 2.18. The fraction of sp³-hybridized carbons (Fsp3) is 0.273. The van der Waals surface area contributed by atoms with Crippen molar-refractivity contribution < 1.29 is 18.7 Å². The third-order valence-corrected chi connectivity index (χ3v) is 6.16. The van der Waals surface area contributed by atoms with Crippen LogP contribution >= 0.6 is 22.9 Å². The van der Waals surface area contributed by atoms with Crippen LogP contribution < -0.4 is 15.0 Å². The van der Waals surface area contributed by atoms with Crippen molar-refractivity contribution in [2.24, 2.45) is 0 Å². The van der Waals surface area contributed by atoms with Crippen molar-refractivity contribution in [3.8, 4) is 5.75 Å². The van der Waals surface area contributed by atoms with E-state index < -0.39 is 0 Å². The number of halogens is 2. The molecule has 0 aliphatic carbocycles. The highest BCUT2D eigenvalue weighted by Crippen LogP contribution is 2.26. The van der Waals surface area contributed by atoms with E-state index >= 15 is 0 Å². The van der Waals surface area contributed by atoms with Crippen LogP contribution in [0.2, 0.25) is 5.02 Å². The molecule has 4 rings (SSSR count). The first kappa shape index (κ1) is 21.5. The van der Waals surface area contributed by atoms with Gasteiger partial charge in [0.1, 0.15) is 28.1 Å². The summed E-state index contributed by atoms with van der Waals surface area (Å²) in [7, 11) is 0. The molecule has 1 aliphatic rings. The Hall–Kier alpha value is -2.68. The molecule has 0 atom stereocenters. The summed E-state index contributed by atoms with van der Waals surface area (Å²) in [6.07, 6.45) is 0. The van der Waals surface area contributed by atoms with Gasteiger partial charge in [-0.3, -0.25) is 4.79 Å². The number of carbonyl (C=O) groups excluding carboxylic acids is 1. The van der Waals surface area contributed by atoms with Gasteiger partial charge in [-0.15, -0.1) is 11.3 Å². The predicted molar refractivity (Wildman–Crippen MR) is 120 cm³/mol. The first-order valence-corrected chi connectivity index (χ1v) is 11.0. The van der Waals surface area contributed by atoms with Crippen molar-refractivity contribution >= 4 is 40.2 Å². The number of aryl methyl sites for hydroxylation is 1. The Morgan fingerprint density at radius 2 is 2.00 bits per heavy atom. The molecule has 1 fully saturated rings. The van der Waals surface area contributed by atoms with E-state index in [0.717, 1.165) is 0 Å². The molecule has 1 aromatic heterocycles. The van der Waals surface area contributed by atoms with E-state index in [1.54, 1.807) is 43.3 Å². The lowest BCUT2D eigenvalue weighted by Gasteiger charge is -2.29. The van der Waals surface area contributed by atoms with Gasteiger partial charge in [0.15, 0.2) is 0 Å². The van der Waals surface area contributed by atoms with Crippen LogP contribution in [0.3, 0.4) is 0 Å². The maximum atomic E-state index is 14.6. The zero-order valence-corrected chi connectivity index (χ0v) is 18.4. The quantitative estimate of drug-likeness (QED) is 0.565. The van der Waals surface area contributed by atoms with Crippen LogP contribution in [0.25, 0.3) is 0 Å². The van der Waals surface area contributed by atoms with Crippen LogP contribution in [0.1, 0.15) is 20.4 Å². The van der Waals surface area contributed by atoms with Gasteiger partial charge >= 0.3 is 0 Å². The summed E-state index contributed by atoms with van der Waals surface area (Å²) < 4.78 is 25.6. The lowest BCUT2D eigenvalue weighted by atomic mass is 10.2. The molecule has 1 saturated heterocycles. The smallest absolute Gasteiger partial charge is 0.267 e. The molecular formula is C22H21ClFN3O3S. The number of aromatic nitrogens is 1. The number of hydrogen-bond donors (Lipinski definition) is 1. The largest absolute Gasteiger partial charge is 0.486 e. The minimum absolute atomic E-state index is 0.239. The second-order valence-electron chi connectivity index (χ2n) is 6.98. The van der Waals surface area contributed by atoms with Gasteiger partial charge in [-0.05, 0) is 49.4 Å². The average Bonchev–Trinajstić information content (AvgIpc) is 3.15. The van der Waals surface area contributed by atoms with E-state index in [1.165, 1.54) is 17.4 Å². The Morgan fingerprint density at radius 3 is 2.71 bits per heavy atom. The predicted octanol–water partition coefficient (Wildman–Crippen LogP) is 4.91. The molecule has 2 heterocycles. The standard InChI is InChI=1S/C22H21ClFN3O3S/c1-14-21(31-20(25-14)13-30-17-5-2-15(23)3-6-17)22(28)26-16-4-7-19(18(24)12-16)27-8-10-29-11-9-27/h2-7,12H,8-11,13H2,1H3,(H,26,28). The first-order valence-electron chi connectivity index (χ1n) is 9.78. The molecule has 0 spiro atoms. The maximum Gasteiger partial charge on any atom is 0.267 e. The normalized spacial score (nSPS) is 13.8. The van der Waals surface area contributed by atoms with Gasteiger partial charge < -0.3 is 19.7 Å². The van der Waals surface area contributed by atoms with Crippen LogP contribution in [0.4, 0.5) is 15.8 Å². The number of nitrogens with one attached hydrogen (secondary N) is 1. The van der Waals surface area contributed by atoms with E-state index in [9.17, 15) is 9.18 Å². The number of amides is 1. The number of nitrogens with zero attached hydrogens (tertiary/aromatic N) is 2. The molecule has 0 saturated carbocycles. The Bertz CT molecular complexity index is 1070. The Morgan fingerprint density at radius 1 is 1.26 bits per heavy atom. The zero-order chi connectivity index (χ0) is 21.8. The van der Waals surface area contributed by atoms with Crippen molar-refractivity contribution in [2.75, 3.05) is 36.5 Å². The van der Waals surface area contributed by atoms with Gasteiger partial charge in [0.05, 0.1) is 24.6 Å². The Balaban J connectivity index is 1.40. The van der Waals surface area contributed by atoms with Crippen molar-refractivity contribution in [1.82, 2.24) is 4.98 Å². The molecule has 6 nitrogen and oxygen atoms in total. The molecule has 162 valence electrons. The number of thiazole rings is 1. The molecular weight excluding hydrogens is 441 g/mol. The molecule has 2 aromatic carbocycles. The van der Waals surface area contributed by atoms with Crippen LogP contribution in [0, 0.1) is 12.7 Å². The van der Waals surface area contributed by atoms with Crippen LogP contribution in [0.15, 0.2) is 42.5 Å². The molecule has 3 aromatic rings. The summed E-state index contributed by atoms with van der Waals surface area (Å²) in [4.78, 5) is 19.5. The summed E-state index contributed by atoms with van der Waals surface area (Å²) >= 11 is 7.12. The monoisotopic (exact) mass is 461 g/mol. The molecule has 0 bridgehead atoms. The second-order valence-corrected chi connectivity index (χ2v) is 8.50. The Kier molecular flexibility index (Phi) is 6.70. The number of morpholine rings is 1. The fourth-order valence-corrected chi connectivity index (χ4v) is 4.23. The number of carbonyl (C=O) groups is 1. The number of benzene rings is 2. The molecule has 31 heavy (non-hydrogen) atoms. The highest BCUT2D eigenvalue weighted by molar-refractivity contribution is 7.13. The number of rotatable bonds is 6. The van der Waals surface area contributed by atoms with Gasteiger partial charge in [0.2, 0.25) is 0 Å². The molecule has 9 heteroatoms. The zero-order valence-electron chi connectivity index (χ0n) is 16.9. The van der Waals surface area contributed by atoms with Crippen molar-refractivity contribution in [1.29, 1.82) is 0 Å². The van der Waals surface area contributed by atoms with E-state index in [1.807, 2.05) is 4.90 Å². The molecule has 1 aliphatic heterocycles. The summed E-state index contributed by atoms with van der Waals surface area (Å²) in [5.74, 6) is -0.0388. The van der Waals surface area contributed by atoms with Crippen molar-refractivity contribution in [2.45, 2.75) is 13.5 Å². The van der Waals surface area contributed by atoms with E-state index in [2.05, 4.69) is 10.3 Å². The molecule has 1 N–H and O–H groups in total. The van der Waals surface area contributed by atoms with Crippen LogP contribution in [0.5, 0.6) is 5.75 Å². The SMILES string of the molecule is Cc1nc(COc2ccc(Cl)cc2)sc1C(=O)Nc1ccc(N2CCOCC2)c(F)c1. The van der Waals surface area contributed by atoms with Gasteiger partial charge in [-0.1, -0.05) is 11.6 Å². The van der Waals surface area contributed by atoms with Gasteiger partial charge in [-0.25, -0.2) is 9.37 Å². The number of anilines is 2. The molecule has 0 radical (unpaired) electrons. The van der Waals surface area contributed by atoms with Gasteiger partial charge in [-0.2, -0.15) is 0 Å².